The van der Waals surface area contributed by atoms with Crippen LogP contribution in [0.3, 0.4) is 0 Å². The first kappa shape index (κ1) is 17.5. The molecule has 1 aliphatic rings. The van der Waals surface area contributed by atoms with Gasteiger partial charge in [-0.3, -0.25) is 10.1 Å². The molecule has 3 atom stereocenters. The summed E-state index contributed by atoms with van der Waals surface area (Å²) in [5.41, 5.74) is 0.0381. The summed E-state index contributed by atoms with van der Waals surface area (Å²) in [6.45, 7) is 0. The van der Waals surface area contributed by atoms with Crippen LogP contribution in [0.2, 0.25) is 0 Å². The molecule has 1 fully saturated rings. The highest BCUT2D eigenvalue weighted by Gasteiger charge is 2.47. The molecule has 2 aromatic carbocycles. The highest BCUT2D eigenvalue weighted by molar-refractivity contribution is 7.92. The summed E-state index contributed by atoms with van der Waals surface area (Å²) in [7, 11) is -4.22. The molecule has 132 valence electrons. The fourth-order valence-electron chi connectivity index (χ4n) is 3.09. The molecular weight excluding hydrogens is 352 g/mol. The van der Waals surface area contributed by atoms with Crippen molar-refractivity contribution in [2.75, 3.05) is 0 Å². The van der Waals surface area contributed by atoms with Crippen molar-refractivity contribution < 1.29 is 27.1 Å². The van der Waals surface area contributed by atoms with Gasteiger partial charge in [-0.1, -0.05) is 30.3 Å². The molecule has 1 aliphatic heterocycles. The number of carboxylic acid groups (broad SMARTS) is 1. The van der Waals surface area contributed by atoms with Crippen LogP contribution in [-0.4, -0.2) is 30.8 Å². The Kier molecular flexibility index (Phi) is 4.57. The molecule has 0 aromatic heterocycles. The van der Waals surface area contributed by atoms with Crippen molar-refractivity contribution in [1.82, 2.24) is 5.32 Å². The molecule has 0 bridgehead atoms. The minimum absolute atomic E-state index is 0.0381. The van der Waals surface area contributed by atoms with E-state index >= 15 is 0 Å². The molecule has 1 saturated heterocycles. The Bertz CT molecular complexity index is 916. The van der Waals surface area contributed by atoms with E-state index in [1.54, 1.807) is 0 Å². The second-order valence-corrected chi connectivity index (χ2v) is 7.94. The summed E-state index contributed by atoms with van der Waals surface area (Å²) in [5, 5.41) is 10.6. The smallest absolute Gasteiger partial charge is 0.320 e. The lowest BCUT2D eigenvalue weighted by atomic mass is 10.0. The largest absolute Gasteiger partial charge is 0.480 e. The number of hydrogen-bond donors (Lipinski definition) is 2. The predicted octanol–water partition coefficient (Wildman–Crippen LogP) is 2.29. The van der Waals surface area contributed by atoms with E-state index in [1.165, 1.54) is 30.3 Å². The molecular formula is C17H15F2NO4S. The van der Waals surface area contributed by atoms with Crippen molar-refractivity contribution in [1.29, 1.82) is 0 Å². The minimum Gasteiger partial charge on any atom is -0.480 e. The zero-order valence-corrected chi connectivity index (χ0v) is 13.7. The Balaban J connectivity index is 2.09. The number of sulfone groups is 1. The van der Waals surface area contributed by atoms with Crippen LogP contribution in [0.1, 0.15) is 18.0 Å². The number of carboxylic acids is 1. The monoisotopic (exact) mass is 367 g/mol. The van der Waals surface area contributed by atoms with E-state index < -0.39 is 49.7 Å². The van der Waals surface area contributed by atoms with E-state index in [-0.39, 0.29) is 12.0 Å². The average Bonchev–Trinajstić information content (AvgIpc) is 3.02. The maximum Gasteiger partial charge on any atom is 0.320 e. The van der Waals surface area contributed by atoms with Gasteiger partial charge in [0.15, 0.2) is 9.84 Å². The number of carbonyl (C=O) groups is 1. The van der Waals surface area contributed by atoms with Crippen molar-refractivity contribution in [3.63, 3.8) is 0 Å². The quantitative estimate of drug-likeness (QED) is 0.866. The molecule has 2 aromatic rings. The third-order valence-corrected chi connectivity index (χ3v) is 6.51. The van der Waals surface area contributed by atoms with E-state index in [9.17, 15) is 27.1 Å². The van der Waals surface area contributed by atoms with Crippen LogP contribution in [0.15, 0.2) is 53.4 Å². The minimum atomic E-state index is -4.22. The number of benzene rings is 2. The van der Waals surface area contributed by atoms with E-state index in [1.807, 2.05) is 0 Å². The number of nitrogens with one attached hydrogen (secondary N) is 1. The highest BCUT2D eigenvalue weighted by atomic mass is 32.2. The fourth-order valence-corrected chi connectivity index (χ4v) is 5.06. The fraction of sp³-hybridized carbons (Fsp3) is 0.235. The van der Waals surface area contributed by atoms with Crippen LogP contribution in [0.4, 0.5) is 8.78 Å². The number of halogens is 2. The van der Waals surface area contributed by atoms with Crippen molar-refractivity contribution in [3.8, 4) is 0 Å². The molecule has 2 N–H and O–H groups in total. The zero-order chi connectivity index (χ0) is 18.2. The molecule has 3 unspecified atom stereocenters. The summed E-state index contributed by atoms with van der Waals surface area (Å²) >= 11 is 0. The molecule has 3 rings (SSSR count). The lowest BCUT2D eigenvalue weighted by molar-refractivity contribution is -0.139. The Labute approximate surface area is 143 Å². The molecule has 0 saturated carbocycles. The van der Waals surface area contributed by atoms with Gasteiger partial charge in [-0.25, -0.2) is 17.2 Å². The van der Waals surface area contributed by atoms with Crippen LogP contribution in [0.25, 0.3) is 0 Å². The van der Waals surface area contributed by atoms with Crippen molar-refractivity contribution in [2.45, 2.75) is 28.6 Å². The van der Waals surface area contributed by atoms with Crippen LogP contribution < -0.4 is 5.32 Å². The van der Waals surface area contributed by atoms with Gasteiger partial charge >= 0.3 is 5.97 Å². The van der Waals surface area contributed by atoms with Crippen LogP contribution in [-0.2, 0) is 14.6 Å². The maximum atomic E-state index is 14.2. The Hall–Kier alpha value is -2.32. The first-order valence-electron chi connectivity index (χ1n) is 7.54. The third-order valence-electron chi connectivity index (χ3n) is 4.30. The van der Waals surface area contributed by atoms with Gasteiger partial charge in [0.1, 0.15) is 22.6 Å². The Morgan fingerprint density at radius 3 is 2.24 bits per heavy atom. The highest BCUT2D eigenvalue weighted by Crippen LogP contribution is 2.37. The molecule has 5 nitrogen and oxygen atoms in total. The molecule has 0 radical (unpaired) electrons. The summed E-state index contributed by atoms with van der Waals surface area (Å²) in [5.74, 6) is -2.82. The maximum absolute atomic E-state index is 14.2. The van der Waals surface area contributed by atoms with Gasteiger partial charge in [0.2, 0.25) is 0 Å². The number of hydrogen-bond acceptors (Lipinski definition) is 4. The first-order valence-corrected chi connectivity index (χ1v) is 9.08. The molecule has 25 heavy (non-hydrogen) atoms. The standard InChI is InChI=1S/C17H15F2NO4S/c18-11-6-2-1-5-10(11)16-15(9-13(20-16)17(21)22)25(23,24)14-8-4-3-7-12(14)19/h1-8,13,15-16,20H,9H2,(H,21,22). The summed E-state index contributed by atoms with van der Waals surface area (Å²) < 4.78 is 54.0. The molecule has 0 aliphatic carbocycles. The van der Waals surface area contributed by atoms with Crippen molar-refractivity contribution in [2.24, 2.45) is 0 Å². The second-order valence-electron chi connectivity index (χ2n) is 5.81. The summed E-state index contributed by atoms with van der Waals surface area (Å²) in [6.07, 6.45) is -0.287. The van der Waals surface area contributed by atoms with Gasteiger partial charge in [0.25, 0.3) is 0 Å². The average molecular weight is 367 g/mol. The van der Waals surface area contributed by atoms with E-state index in [0.717, 1.165) is 18.2 Å². The van der Waals surface area contributed by atoms with Crippen LogP contribution >= 0.6 is 0 Å². The zero-order valence-electron chi connectivity index (χ0n) is 12.9. The van der Waals surface area contributed by atoms with Crippen LogP contribution in [0.5, 0.6) is 0 Å². The van der Waals surface area contributed by atoms with Gasteiger partial charge in [0.05, 0.1) is 11.3 Å². The third kappa shape index (κ3) is 3.14. The molecule has 1 heterocycles. The Morgan fingerprint density at radius 2 is 1.64 bits per heavy atom. The van der Waals surface area contributed by atoms with Crippen LogP contribution in [0, 0.1) is 11.6 Å². The number of aliphatic carboxylic acids is 1. The predicted molar refractivity (Wildman–Crippen MR) is 85.7 cm³/mol. The SMILES string of the molecule is O=C(O)C1CC(S(=O)(=O)c2ccccc2F)C(c2ccccc2F)N1. The lowest BCUT2D eigenvalue weighted by Gasteiger charge is -2.21. The summed E-state index contributed by atoms with van der Waals surface area (Å²) in [4.78, 5) is 10.8. The topological polar surface area (TPSA) is 83.5 Å². The van der Waals surface area contributed by atoms with Crippen molar-refractivity contribution >= 4 is 15.8 Å². The van der Waals surface area contributed by atoms with E-state index in [2.05, 4.69) is 5.32 Å². The second kappa shape index (κ2) is 6.53. The lowest BCUT2D eigenvalue weighted by Crippen LogP contribution is -2.33. The van der Waals surface area contributed by atoms with Gasteiger partial charge in [-0.15, -0.1) is 0 Å². The number of rotatable bonds is 4. The van der Waals surface area contributed by atoms with Crippen molar-refractivity contribution in [3.05, 3.63) is 65.7 Å². The first-order chi connectivity index (χ1) is 11.8. The molecule has 0 amide bonds. The van der Waals surface area contributed by atoms with Gasteiger partial charge < -0.3 is 5.11 Å². The summed E-state index contributed by atoms with van der Waals surface area (Å²) in [6, 6.07) is 8.14. The Morgan fingerprint density at radius 1 is 1.04 bits per heavy atom. The normalized spacial score (nSPS) is 23.5. The molecule has 8 heteroatoms. The van der Waals surface area contributed by atoms with E-state index in [0.29, 0.717) is 0 Å². The van der Waals surface area contributed by atoms with Gasteiger partial charge in [-0.2, -0.15) is 0 Å². The van der Waals surface area contributed by atoms with Gasteiger partial charge in [-0.05, 0) is 24.6 Å². The van der Waals surface area contributed by atoms with Gasteiger partial charge in [0, 0.05) is 5.56 Å². The molecule has 0 spiro atoms. The van der Waals surface area contributed by atoms with E-state index in [4.69, 9.17) is 0 Å².